The van der Waals surface area contributed by atoms with Gasteiger partial charge in [-0.1, -0.05) is 140 Å². The highest BCUT2D eigenvalue weighted by molar-refractivity contribution is 6.14. The summed E-state index contributed by atoms with van der Waals surface area (Å²) in [5.41, 5.74) is 10.9. The van der Waals surface area contributed by atoms with Crippen molar-refractivity contribution < 1.29 is 8.83 Å². The minimum absolute atomic E-state index is 0.0420. The maximum Gasteiger partial charge on any atom is 0.163 e. The van der Waals surface area contributed by atoms with Crippen LogP contribution in [0.5, 0.6) is 0 Å². The quantitative estimate of drug-likeness (QED) is 0.175. The zero-order valence-corrected chi connectivity index (χ0v) is 31.3. The SMILES string of the molecule is C1=Cc2oc3c(-c4cccc5c4oc4ccccc45)ccc(-n4c5ccccc5c5ccccc54)c3c2CC(c2nc(-c3ccccc3)nc(-c3ccccc3)n2)C1. The second-order valence-corrected chi connectivity index (χ2v) is 15.0. The van der Waals surface area contributed by atoms with Crippen molar-refractivity contribution in [2.24, 2.45) is 0 Å². The molecular formula is C52H34N4O2. The van der Waals surface area contributed by atoms with Crippen molar-refractivity contribution in [3.63, 3.8) is 0 Å². The highest BCUT2D eigenvalue weighted by Gasteiger charge is 2.29. The lowest BCUT2D eigenvalue weighted by atomic mass is 9.93. The smallest absolute Gasteiger partial charge is 0.163 e. The van der Waals surface area contributed by atoms with Crippen LogP contribution in [0.4, 0.5) is 0 Å². The molecular weight excluding hydrogens is 713 g/mol. The van der Waals surface area contributed by atoms with Crippen molar-refractivity contribution in [3.05, 3.63) is 187 Å². The zero-order chi connectivity index (χ0) is 38.2. The predicted octanol–water partition coefficient (Wildman–Crippen LogP) is 13.4. The number of furan rings is 2. The Hall–Kier alpha value is -7.57. The molecule has 6 nitrogen and oxygen atoms in total. The molecule has 0 fully saturated rings. The summed E-state index contributed by atoms with van der Waals surface area (Å²) < 4.78 is 16.1. The lowest BCUT2D eigenvalue weighted by Gasteiger charge is -2.17. The van der Waals surface area contributed by atoms with E-state index in [1.54, 1.807) is 0 Å². The maximum absolute atomic E-state index is 7.12. The lowest BCUT2D eigenvalue weighted by molar-refractivity contribution is 0.593. The van der Waals surface area contributed by atoms with Crippen molar-refractivity contribution in [1.29, 1.82) is 0 Å². The van der Waals surface area contributed by atoms with Gasteiger partial charge >= 0.3 is 0 Å². The van der Waals surface area contributed by atoms with E-state index in [1.165, 1.54) is 10.8 Å². The third kappa shape index (κ3) is 5.08. The molecule has 0 radical (unpaired) electrons. The van der Waals surface area contributed by atoms with Gasteiger partial charge in [0.2, 0.25) is 0 Å². The van der Waals surface area contributed by atoms with Crippen LogP contribution in [0.15, 0.2) is 179 Å². The maximum atomic E-state index is 7.12. The first-order valence-electron chi connectivity index (χ1n) is 19.8. The molecule has 0 saturated heterocycles. The van der Waals surface area contributed by atoms with Crippen LogP contribution in [0.2, 0.25) is 0 Å². The summed E-state index contributed by atoms with van der Waals surface area (Å²) in [6, 6.07) is 56.8. The van der Waals surface area contributed by atoms with Gasteiger partial charge in [0, 0.05) is 60.7 Å². The van der Waals surface area contributed by atoms with Gasteiger partial charge < -0.3 is 13.4 Å². The number of para-hydroxylation sites is 4. The molecule has 12 rings (SSSR count). The van der Waals surface area contributed by atoms with Crippen LogP contribution in [-0.2, 0) is 6.42 Å². The first-order valence-corrected chi connectivity index (χ1v) is 19.8. The molecule has 0 aliphatic heterocycles. The normalized spacial score (nSPS) is 14.2. The zero-order valence-electron chi connectivity index (χ0n) is 31.3. The molecule has 274 valence electrons. The van der Waals surface area contributed by atoms with Crippen LogP contribution in [0.3, 0.4) is 0 Å². The van der Waals surface area contributed by atoms with E-state index in [2.05, 4.69) is 132 Å². The van der Waals surface area contributed by atoms with E-state index in [-0.39, 0.29) is 5.92 Å². The highest BCUT2D eigenvalue weighted by atomic mass is 16.3. The minimum atomic E-state index is -0.0420. The standard InChI is InChI=1S/C52H34N4O2/c1-3-15-32(16-4-1)50-53-51(33-17-5-2-6-18-33)55-52(54-50)34-19-13-28-46-41(31-34)47-44(56-42-25-10-7-20-35(42)36-21-8-11-26-43(36)56)30-29-40(49(47)58-46)39-24-14-23-38-37-22-9-12-27-45(37)57-48(38)39/h1-18,20-30,34H,19,31H2. The Balaban J connectivity index is 1.11. The highest BCUT2D eigenvalue weighted by Crippen LogP contribution is 2.46. The first-order chi connectivity index (χ1) is 28.8. The Labute approximate surface area is 333 Å². The van der Waals surface area contributed by atoms with Gasteiger partial charge in [-0.15, -0.1) is 0 Å². The Kier molecular flexibility index (Phi) is 7.32. The van der Waals surface area contributed by atoms with E-state index in [0.717, 1.165) is 95.5 Å². The summed E-state index contributed by atoms with van der Waals surface area (Å²) in [5, 5.41) is 5.67. The second-order valence-electron chi connectivity index (χ2n) is 15.0. The number of allylic oxidation sites excluding steroid dienone is 1. The molecule has 1 aliphatic carbocycles. The molecule has 0 spiro atoms. The van der Waals surface area contributed by atoms with Gasteiger partial charge in [0.15, 0.2) is 11.6 Å². The molecule has 1 atom stereocenters. The second kappa shape index (κ2) is 13.0. The summed E-state index contributed by atoms with van der Waals surface area (Å²) in [4.78, 5) is 15.4. The third-order valence-corrected chi connectivity index (χ3v) is 11.7. The summed E-state index contributed by atoms with van der Waals surface area (Å²) >= 11 is 0. The Morgan fingerprint density at radius 1 is 0.500 bits per heavy atom. The summed E-state index contributed by atoms with van der Waals surface area (Å²) in [6.07, 6.45) is 5.78. The van der Waals surface area contributed by atoms with Crippen molar-refractivity contribution in [2.45, 2.75) is 18.8 Å². The Morgan fingerprint density at radius 2 is 1.10 bits per heavy atom. The van der Waals surface area contributed by atoms with Gasteiger partial charge in [-0.25, -0.2) is 15.0 Å². The van der Waals surface area contributed by atoms with Crippen LogP contribution in [0.1, 0.15) is 29.5 Å². The van der Waals surface area contributed by atoms with Crippen LogP contribution >= 0.6 is 0 Å². The third-order valence-electron chi connectivity index (χ3n) is 11.7. The van der Waals surface area contributed by atoms with Crippen molar-refractivity contribution in [3.8, 4) is 39.6 Å². The van der Waals surface area contributed by atoms with Crippen molar-refractivity contribution >= 4 is 60.8 Å². The molecule has 6 heteroatoms. The minimum Gasteiger partial charge on any atom is -0.456 e. The van der Waals surface area contributed by atoms with E-state index in [1.807, 2.05) is 48.5 Å². The monoisotopic (exact) mass is 746 g/mol. The van der Waals surface area contributed by atoms with Gasteiger partial charge in [-0.3, -0.25) is 0 Å². The molecule has 1 unspecified atom stereocenters. The van der Waals surface area contributed by atoms with E-state index < -0.39 is 0 Å². The number of benzene rings is 7. The van der Waals surface area contributed by atoms with E-state index in [9.17, 15) is 0 Å². The Morgan fingerprint density at radius 3 is 1.81 bits per heavy atom. The van der Waals surface area contributed by atoms with Crippen LogP contribution in [0, 0.1) is 0 Å². The van der Waals surface area contributed by atoms with Crippen LogP contribution in [-0.4, -0.2) is 19.5 Å². The van der Waals surface area contributed by atoms with E-state index in [0.29, 0.717) is 18.1 Å². The average Bonchev–Trinajstić information content (AvgIpc) is 3.91. The molecule has 1 aliphatic rings. The number of aromatic nitrogens is 4. The first kappa shape index (κ1) is 32.7. The van der Waals surface area contributed by atoms with E-state index >= 15 is 0 Å². The number of hydrogen-bond acceptors (Lipinski definition) is 5. The summed E-state index contributed by atoms with van der Waals surface area (Å²) in [7, 11) is 0. The molecule has 58 heavy (non-hydrogen) atoms. The van der Waals surface area contributed by atoms with E-state index in [4.69, 9.17) is 23.8 Å². The lowest BCUT2D eigenvalue weighted by Crippen LogP contribution is -2.10. The fourth-order valence-electron chi connectivity index (χ4n) is 9.02. The summed E-state index contributed by atoms with van der Waals surface area (Å²) in [6.45, 7) is 0. The van der Waals surface area contributed by atoms with Crippen molar-refractivity contribution in [2.75, 3.05) is 0 Å². The molecule has 11 aromatic rings. The fourth-order valence-corrected chi connectivity index (χ4v) is 9.02. The number of fused-ring (bicyclic) bond motifs is 9. The van der Waals surface area contributed by atoms with Gasteiger partial charge in [0.25, 0.3) is 0 Å². The van der Waals surface area contributed by atoms with Crippen molar-refractivity contribution in [1.82, 2.24) is 19.5 Å². The predicted molar refractivity (Wildman–Crippen MR) is 234 cm³/mol. The topological polar surface area (TPSA) is 69.9 Å². The molecule has 7 aromatic carbocycles. The Bertz CT molecular complexity index is 3300. The summed E-state index contributed by atoms with van der Waals surface area (Å²) in [5.74, 6) is 2.91. The molecule has 0 saturated carbocycles. The molecule has 4 heterocycles. The van der Waals surface area contributed by atoms with Gasteiger partial charge in [-0.05, 0) is 49.2 Å². The molecule has 4 aromatic heterocycles. The van der Waals surface area contributed by atoms with Crippen LogP contribution in [0.25, 0.3) is 100 Å². The molecule has 0 N–H and O–H groups in total. The number of nitrogens with zero attached hydrogens (tertiary/aromatic N) is 4. The van der Waals surface area contributed by atoms with Gasteiger partial charge in [0.05, 0.1) is 16.7 Å². The van der Waals surface area contributed by atoms with Crippen LogP contribution < -0.4 is 0 Å². The number of rotatable bonds is 5. The fraction of sp³-hybridized carbons (Fsp3) is 0.0577. The van der Waals surface area contributed by atoms with Gasteiger partial charge in [0.1, 0.15) is 28.3 Å². The number of hydrogen-bond donors (Lipinski definition) is 0. The van der Waals surface area contributed by atoms with Gasteiger partial charge in [-0.2, -0.15) is 0 Å². The molecule has 0 bridgehead atoms. The average molecular weight is 747 g/mol. The largest absolute Gasteiger partial charge is 0.456 e. The molecule has 0 amide bonds.